The zero-order chi connectivity index (χ0) is 21.8. The number of piperazine rings is 1. The van der Waals surface area contributed by atoms with Gasteiger partial charge in [-0.2, -0.15) is 4.98 Å². The molecule has 166 valence electrons. The van der Waals surface area contributed by atoms with Crippen molar-refractivity contribution in [3.8, 4) is 0 Å². The van der Waals surface area contributed by atoms with Gasteiger partial charge in [-0.1, -0.05) is 24.3 Å². The predicted octanol–water partition coefficient (Wildman–Crippen LogP) is 2.74. The van der Waals surface area contributed by atoms with Crippen molar-refractivity contribution in [2.45, 2.75) is 38.6 Å². The van der Waals surface area contributed by atoms with E-state index in [1.165, 1.54) is 17.4 Å². The van der Waals surface area contributed by atoms with E-state index in [-0.39, 0.29) is 12.6 Å². The maximum atomic E-state index is 13.9. The van der Waals surface area contributed by atoms with E-state index in [9.17, 15) is 9.18 Å². The zero-order valence-electron chi connectivity index (χ0n) is 17.9. The van der Waals surface area contributed by atoms with E-state index in [1.54, 1.807) is 12.3 Å². The Hall–Kier alpha value is -2.78. The second-order valence-corrected chi connectivity index (χ2v) is 8.06. The van der Waals surface area contributed by atoms with Gasteiger partial charge in [0.05, 0.1) is 6.04 Å². The van der Waals surface area contributed by atoms with Gasteiger partial charge in [0, 0.05) is 38.9 Å². The Labute approximate surface area is 181 Å². The van der Waals surface area contributed by atoms with Crippen molar-refractivity contribution in [2.75, 3.05) is 43.0 Å². The third-order valence-electron chi connectivity index (χ3n) is 5.76. The Bertz CT molecular complexity index is 888. The lowest BCUT2D eigenvalue weighted by molar-refractivity contribution is 0.174. The molecule has 3 heterocycles. The van der Waals surface area contributed by atoms with Crippen LogP contribution in [0.3, 0.4) is 0 Å². The summed E-state index contributed by atoms with van der Waals surface area (Å²) in [5, 5.41) is 6.64. The number of rotatable bonds is 7. The first-order valence-electron chi connectivity index (χ1n) is 10.7. The number of halogens is 1. The van der Waals surface area contributed by atoms with Gasteiger partial charge in [-0.15, -0.1) is 0 Å². The highest BCUT2D eigenvalue weighted by Gasteiger charge is 2.39. The molecular weight excluding hydrogens is 399 g/mol. The SMILES string of the molecule is CC(Nc1nccc(N2C(=O)OC[C@@H]2C(C)F)n1)c1ccc(CN2CCNCC2)cc1. The third kappa shape index (κ3) is 5.11. The van der Waals surface area contributed by atoms with Gasteiger partial charge in [0.1, 0.15) is 24.6 Å². The standard InChI is InChI=1S/C22H29FN6O2/c1-15(23)19-14-31-22(30)29(19)20-7-8-25-21(27-20)26-16(2)18-5-3-17(4-6-18)13-28-11-9-24-10-12-28/h3-8,15-16,19,24H,9-14H2,1-2H3,(H,25,26,27)/t15?,16?,19-/m1/s1. The van der Waals surface area contributed by atoms with Crippen LogP contribution in [0.2, 0.25) is 0 Å². The average Bonchev–Trinajstić information content (AvgIpc) is 3.17. The van der Waals surface area contributed by atoms with Gasteiger partial charge in [-0.05, 0) is 31.0 Å². The normalized spacial score (nSPS) is 21.6. The van der Waals surface area contributed by atoms with Crippen LogP contribution in [0.4, 0.5) is 21.0 Å². The summed E-state index contributed by atoms with van der Waals surface area (Å²) in [6.07, 6.45) is -0.261. The molecule has 2 saturated heterocycles. The highest BCUT2D eigenvalue weighted by atomic mass is 19.1. The molecule has 2 aliphatic heterocycles. The predicted molar refractivity (Wildman–Crippen MR) is 117 cm³/mol. The van der Waals surface area contributed by atoms with Crippen LogP contribution in [0.25, 0.3) is 0 Å². The number of anilines is 2. The van der Waals surface area contributed by atoms with E-state index in [1.807, 2.05) is 6.92 Å². The lowest BCUT2D eigenvalue weighted by Crippen LogP contribution is -2.42. The first-order valence-corrected chi connectivity index (χ1v) is 10.7. The quantitative estimate of drug-likeness (QED) is 0.702. The van der Waals surface area contributed by atoms with Crippen LogP contribution in [0.15, 0.2) is 36.5 Å². The van der Waals surface area contributed by atoms with Gasteiger partial charge in [0.15, 0.2) is 0 Å². The maximum Gasteiger partial charge on any atom is 0.416 e. The molecule has 9 heteroatoms. The summed E-state index contributed by atoms with van der Waals surface area (Å²) in [6, 6.07) is 9.39. The maximum absolute atomic E-state index is 13.9. The molecule has 4 rings (SSSR count). The van der Waals surface area contributed by atoms with E-state index in [2.05, 4.69) is 49.8 Å². The number of carbonyl (C=O) groups excluding carboxylic acids is 1. The number of hydrogen-bond acceptors (Lipinski definition) is 7. The van der Waals surface area contributed by atoms with Crippen LogP contribution in [-0.2, 0) is 11.3 Å². The highest BCUT2D eigenvalue weighted by molar-refractivity contribution is 5.89. The lowest BCUT2D eigenvalue weighted by Gasteiger charge is -2.27. The van der Waals surface area contributed by atoms with E-state index in [0.29, 0.717) is 11.8 Å². The molecule has 2 unspecified atom stereocenters. The van der Waals surface area contributed by atoms with Crippen molar-refractivity contribution in [3.63, 3.8) is 0 Å². The number of carbonyl (C=O) groups is 1. The Morgan fingerprint density at radius 1 is 1.23 bits per heavy atom. The Balaban J connectivity index is 1.41. The van der Waals surface area contributed by atoms with Gasteiger partial charge < -0.3 is 15.4 Å². The second kappa shape index (κ2) is 9.57. The average molecular weight is 429 g/mol. The van der Waals surface area contributed by atoms with E-state index < -0.39 is 18.3 Å². The van der Waals surface area contributed by atoms with Crippen LogP contribution in [0, 0.1) is 0 Å². The van der Waals surface area contributed by atoms with Gasteiger partial charge in [-0.25, -0.2) is 14.2 Å². The molecule has 0 saturated carbocycles. The molecule has 2 fully saturated rings. The molecule has 0 spiro atoms. The molecular formula is C22H29FN6O2. The van der Waals surface area contributed by atoms with Crippen LogP contribution >= 0.6 is 0 Å². The molecule has 0 radical (unpaired) electrons. The molecule has 0 aliphatic carbocycles. The van der Waals surface area contributed by atoms with Gasteiger partial charge in [-0.3, -0.25) is 9.80 Å². The largest absolute Gasteiger partial charge is 0.447 e. The number of hydrogen-bond donors (Lipinski definition) is 2. The minimum atomic E-state index is -1.23. The molecule has 1 amide bonds. The monoisotopic (exact) mass is 428 g/mol. The van der Waals surface area contributed by atoms with Crippen LogP contribution in [-0.4, -0.2) is 66.0 Å². The Morgan fingerprint density at radius 2 is 1.97 bits per heavy atom. The molecule has 8 nitrogen and oxygen atoms in total. The van der Waals surface area contributed by atoms with E-state index >= 15 is 0 Å². The zero-order valence-corrected chi connectivity index (χ0v) is 17.9. The van der Waals surface area contributed by atoms with E-state index in [0.717, 1.165) is 38.3 Å². The first-order chi connectivity index (χ1) is 15.0. The van der Waals surface area contributed by atoms with E-state index in [4.69, 9.17) is 4.74 Å². The van der Waals surface area contributed by atoms with Gasteiger partial charge in [0.2, 0.25) is 5.95 Å². The minimum Gasteiger partial charge on any atom is -0.447 e. The molecule has 31 heavy (non-hydrogen) atoms. The fourth-order valence-corrected chi connectivity index (χ4v) is 3.91. The molecule has 1 aromatic heterocycles. The van der Waals surface area contributed by atoms with Crippen molar-refractivity contribution < 1.29 is 13.9 Å². The highest BCUT2D eigenvalue weighted by Crippen LogP contribution is 2.26. The van der Waals surface area contributed by atoms with Crippen LogP contribution < -0.4 is 15.5 Å². The van der Waals surface area contributed by atoms with Gasteiger partial charge in [0.25, 0.3) is 0 Å². The van der Waals surface area contributed by atoms with Gasteiger partial charge >= 0.3 is 6.09 Å². The summed E-state index contributed by atoms with van der Waals surface area (Å²) in [4.78, 5) is 24.5. The van der Waals surface area contributed by atoms with Crippen LogP contribution in [0.5, 0.6) is 0 Å². The summed E-state index contributed by atoms with van der Waals surface area (Å²) >= 11 is 0. The summed E-state index contributed by atoms with van der Waals surface area (Å²) in [5.41, 5.74) is 2.39. The molecule has 3 atom stereocenters. The Morgan fingerprint density at radius 3 is 2.68 bits per heavy atom. The summed E-state index contributed by atoms with van der Waals surface area (Å²) in [7, 11) is 0. The molecule has 2 N–H and O–H groups in total. The topological polar surface area (TPSA) is 82.6 Å². The fraction of sp³-hybridized carbons (Fsp3) is 0.500. The van der Waals surface area contributed by atoms with Crippen molar-refractivity contribution in [1.82, 2.24) is 20.2 Å². The summed E-state index contributed by atoms with van der Waals surface area (Å²) < 4.78 is 18.9. The number of amides is 1. The number of aromatic nitrogens is 2. The lowest BCUT2D eigenvalue weighted by atomic mass is 10.1. The minimum absolute atomic E-state index is 0.0138. The van der Waals surface area contributed by atoms with Crippen LogP contribution in [0.1, 0.15) is 31.0 Å². The summed E-state index contributed by atoms with van der Waals surface area (Å²) in [6.45, 7) is 8.62. The number of alkyl halides is 1. The smallest absolute Gasteiger partial charge is 0.416 e. The molecule has 2 aromatic rings. The number of cyclic esters (lactones) is 1. The Kier molecular flexibility index (Phi) is 6.62. The molecule has 2 aliphatic rings. The first kappa shape index (κ1) is 21.5. The fourth-order valence-electron chi connectivity index (χ4n) is 3.91. The second-order valence-electron chi connectivity index (χ2n) is 8.06. The van der Waals surface area contributed by atoms with Crippen molar-refractivity contribution in [2.24, 2.45) is 0 Å². The third-order valence-corrected chi connectivity index (χ3v) is 5.76. The molecule has 0 bridgehead atoms. The molecule has 1 aromatic carbocycles. The summed E-state index contributed by atoms with van der Waals surface area (Å²) in [5.74, 6) is 0.702. The van der Waals surface area contributed by atoms with Crippen molar-refractivity contribution in [3.05, 3.63) is 47.7 Å². The number of nitrogens with one attached hydrogen (secondary N) is 2. The van der Waals surface area contributed by atoms with Crippen molar-refractivity contribution >= 4 is 17.9 Å². The number of benzene rings is 1. The van der Waals surface area contributed by atoms with Crippen molar-refractivity contribution in [1.29, 1.82) is 0 Å². The number of nitrogens with zero attached hydrogens (tertiary/aromatic N) is 4. The number of ether oxygens (including phenoxy) is 1.